The van der Waals surface area contributed by atoms with Crippen LogP contribution in [0.4, 0.5) is 22.7 Å². The number of hydrogen-bond donors (Lipinski definition) is 2. The van der Waals surface area contributed by atoms with E-state index in [9.17, 15) is 4.79 Å². The summed E-state index contributed by atoms with van der Waals surface area (Å²) in [4.78, 5) is 25.0. The van der Waals surface area contributed by atoms with E-state index in [1.54, 1.807) is 16.7 Å². The number of thioether (sulfide) groups is 2. The Morgan fingerprint density at radius 2 is 1.60 bits per heavy atom. The quantitative estimate of drug-likeness (QED) is 0.120. The van der Waals surface area contributed by atoms with Crippen LogP contribution in [-0.4, -0.2) is 35.3 Å². The van der Waals surface area contributed by atoms with Crippen molar-refractivity contribution in [3.63, 3.8) is 0 Å². The number of fused-ring (bicyclic) bond motifs is 1. The fourth-order valence-corrected chi connectivity index (χ4v) is 7.18. The van der Waals surface area contributed by atoms with Crippen LogP contribution in [0.15, 0.2) is 128 Å². The lowest BCUT2D eigenvalue weighted by Gasteiger charge is -2.17. The minimum Gasteiger partial charge on any atom is -0.384 e. The molecule has 2 N–H and O–H groups in total. The Labute approximate surface area is 260 Å². The Morgan fingerprint density at radius 3 is 2.35 bits per heavy atom. The summed E-state index contributed by atoms with van der Waals surface area (Å²) in [7, 11) is 2.02. The van der Waals surface area contributed by atoms with E-state index in [0.29, 0.717) is 16.6 Å². The number of nitrogens with zero attached hydrogens (tertiary/aromatic N) is 4. The molecule has 1 saturated heterocycles. The van der Waals surface area contributed by atoms with Gasteiger partial charge in [0.15, 0.2) is 5.17 Å². The molecule has 43 heavy (non-hydrogen) atoms. The van der Waals surface area contributed by atoms with Gasteiger partial charge in [-0.05, 0) is 73.1 Å². The molecule has 1 amide bonds. The largest absolute Gasteiger partial charge is 0.384 e. The Hall–Kier alpha value is -4.47. The van der Waals surface area contributed by atoms with Crippen LogP contribution in [0.2, 0.25) is 0 Å². The highest BCUT2D eigenvalue weighted by molar-refractivity contribution is 8.19. The van der Waals surface area contributed by atoms with Crippen LogP contribution in [-0.2, 0) is 11.3 Å². The molecule has 0 spiro atoms. The van der Waals surface area contributed by atoms with Gasteiger partial charge in [0.1, 0.15) is 4.91 Å². The molecule has 4 aromatic carbocycles. The highest BCUT2D eigenvalue weighted by Crippen LogP contribution is 2.50. The third kappa shape index (κ3) is 6.18. The zero-order chi connectivity index (χ0) is 29.8. The molecule has 2 aliphatic heterocycles. The maximum absolute atomic E-state index is 14.1. The predicted molar refractivity (Wildman–Crippen MR) is 182 cm³/mol. The van der Waals surface area contributed by atoms with Crippen LogP contribution >= 0.6 is 23.5 Å². The van der Waals surface area contributed by atoms with Gasteiger partial charge in [-0.1, -0.05) is 78.5 Å². The number of carbonyl (C=O) groups excluding carboxylic acids is 1. The van der Waals surface area contributed by atoms with Gasteiger partial charge >= 0.3 is 0 Å². The van der Waals surface area contributed by atoms with Crippen molar-refractivity contribution >= 4 is 63.1 Å². The minimum absolute atomic E-state index is 0.0410. The Balaban J connectivity index is 1.39. The fraction of sp³-hybridized carbons (Fsp3) is 0.147. The third-order valence-electron chi connectivity index (χ3n) is 7.10. The van der Waals surface area contributed by atoms with E-state index >= 15 is 0 Å². The molecule has 0 aliphatic carbocycles. The van der Waals surface area contributed by atoms with E-state index < -0.39 is 0 Å². The number of anilines is 3. The summed E-state index contributed by atoms with van der Waals surface area (Å²) in [6, 6.07) is 34.2. The molecule has 0 aromatic heterocycles. The molecular weight excluding hydrogens is 573 g/mol. The number of aliphatic imine (C=N–C) groups is 1. The molecule has 0 saturated carbocycles. The summed E-state index contributed by atoms with van der Waals surface area (Å²) < 4.78 is 0. The highest BCUT2D eigenvalue weighted by Gasteiger charge is 2.39. The van der Waals surface area contributed by atoms with Gasteiger partial charge in [0.05, 0.1) is 40.0 Å². The molecule has 7 nitrogen and oxygen atoms in total. The second kappa shape index (κ2) is 12.8. The third-order valence-corrected chi connectivity index (χ3v) is 9.54. The molecule has 2 heterocycles. The van der Waals surface area contributed by atoms with E-state index in [1.165, 1.54) is 11.8 Å². The normalized spacial score (nSPS) is 17.5. The van der Waals surface area contributed by atoms with Crippen LogP contribution in [0.1, 0.15) is 25.0 Å². The van der Waals surface area contributed by atoms with E-state index in [0.717, 1.165) is 56.1 Å². The highest BCUT2D eigenvalue weighted by atomic mass is 32.2. The van der Waals surface area contributed by atoms with Crippen molar-refractivity contribution in [1.82, 2.24) is 4.90 Å². The van der Waals surface area contributed by atoms with Gasteiger partial charge in [0, 0.05) is 18.5 Å². The average molecular weight is 605 g/mol. The summed E-state index contributed by atoms with van der Waals surface area (Å²) in [5.74, 6) is -0.0410. The molecule has 0 bridgehead atoms. The van der Waals surface area contributed by atoms with Crippen LogP contribution in [0.25, 0.3) is 0 Å². The van der Waals surface area contributed by atoms with Gasteiger partial charge in [-0.15, -0.1) is 0 Å². The number of para-hydroxylation sites is 2. The Kier molecular flexibility index (Phi) is 8.53. The number of rotatable bonds is 8. The Bertz CT molecular complexity index is 1740. The summed E-state index contributed by atoms with van der Waals surface area (Å²) in [5.41, 5.74) is 9.61. The molecule has 216 valence electrons. The summed E-state index contributed by atoms with van der Waals surface area (Å²) in [5, 5.41) is 9.61. The monoisotopic (exact) mass is 604 g/mol. The first-order valence-corrected chi connectivity index (χ1v) is 15.8. The molecule has 0 unspecified atom stereocenters. The van der Waals surface area contributed by atoms with Gasteiger partial charge < -0.3 is 10.2 Å². The van der Waals surface area contributed by atoms with Gasteiger partial charge in [0.2, 0.25) is 0 Å². The number of amidine groups is 1. The predicted octanol–water partition coefficient (Wildman–Crippen LogP) is 8.13. The van der Waals surface area contributed by atoms with Crippen LogP contribution in [0.3, 0.4) is 0 Å². The molecule has 0 radical (unpaired) electrons. The molecule has 2 aliphatic rings. The van der Waals surface area contributed by atoms with Gasteiger partial charge in [0.25, 0.3) is 5.91 Å². The van der Waals surface area contributed by atoms with Crippen molar-refractivity contribution in [2.24, 2.45) is 10.1 Å². The zero-order valence-corrected chi connectivity index (χ0v) is 25.9. The lowest BCUT2D eigenvalue weighted by atomic mass is 10.1. The first kappa shape index (κ1) is 28.6. The van der Waals surface area contributed by atoms with Gasteiger partial charge in [-0.25, -0.2) is 4.99 Å². The van der Waals surface area contributed by atoms with Crippen LogP contribution in [0.5, 0.6) is 0 Å². The standard InChI is InChI=1S/C34H32N6OS2/c1-4-35-27-20-19-25(23(2)37-38-26-15-9-6-10-16-26)21-28(27)36-34-40(22-24-13-7-5-8-14-24)32(41)31(43-34)33-39(3)29-17-11-12-18-30(29)42-33/h5-21,35,38H,4,22H2,1-3H3/b33-31-,36-34?,37-23+. The van der Waals surface area contributed by atoms with Crippen LogP contribution < -0.4 is 15.6 Å². The van der Waals surface area contributed by atoms with Gasteiger partial charge in [-0.3, -0.25) is 15.1 Å². The number of hydrogen-bond acceptors (Lipinski definition) is 8. The zero-order valence-electron chi connectivity index (χ0n) is 24.2. The number of amides is 1. The SMILES string of the molecule is CCNc1ccc(/C(C)=N/Nc2ccccc2)cc1N=C1S/C(=C2\Sc3ccccc3N2C)C(=O)N1Cc1ccccc1. The minimum atomic E-state index is -0.0410. The second-order valence-corrected chi connectivity index (χ2v) is 12.1. The molecule has 4 aromatic rings. The lowest BCUT2D eigenvalue weighted by molar-refractivity contribution is -0.122. The fourth-order valence-electron chi connectivity index (χ4n) is 4.84. The smallest absolute Gasteiger partial charge is 0.269 e. The molecule has 6 rings (SSSR count). The van der Waals surface area contributed by atoms with Crippen molar-refractivity contribution in [1.29, 1.82) is 0 Å². The Morgan fingerprint density at radius 1 is 0.884 bits per heavy atom. The van der Waals surface area contributed by atoms with Gasteiger partial charge in [-0.2, -0.15) is 5.10 Å². The van der Waals surface area contributed by atoms with Crippen molar-refractivity contribution in [3.05, 3.63) is 124 Å². The van der Waals surface area contributed by atoms with E-state index in [-0.39, 0.29) is 5.91 Å². The average Bonchev–Trinajstić information content (AvgIpc) is 3.53. The first-order chi connectivity index (χ1) is 21.0. The number of benzene rings is 4. The van der Waals surface area contributed by atoms with Crippen molar-refractivity contribution in [2.75, 3.05) is 29.2 Å². The second-order valence-electron chi connectivity index (χ2n) is 10.1. The maximum atomic E-state index is 14.1. The number of hydrazone groups is 1. The van der Waals surface area contributed by atoms with Crippen molar-refractivity contribution in [3.8, 4) is 0 Å². The molecular formula is C34H32N6OS2. The van der Waals surface area contributed by atoms with E-state index in [4.69, 9.17) is 4.99 Å². The molecule has 9 heteroatoms. The topological polar surface area (TPSA) is 72.3 Å². The number of carbonyl (C=O) groups is 1. The summed E-state index contributed by atoms with van der Waals surface area (Å²) in [6.07, 6.45) is 0. The van der Waals surface area contributed by atoms with Crippen LogP contribution in [0, 0.1) is 0 Å². The summed E-state index contributed by atoms with van der Waals surface area (Å²) >= 11 is 3.06. The molecule has 0 atom stereocenters. The van der Waals surface area contributed by atoms with E-state index in [2.05, 4.69) is 39.8 Å². The molecule has 1 fully saturated rings. The maximum Gasteiger partial charge on any atom is 0.269 e. The lowest BCUT2D eigenvalue weighted by Crippen LogP contribution is -2.29. The van der Waals surface area contributed by atoms with Crippen molar-refractivity contribution in [2.45, 2.75) is 25.3 Å². The first-order valence-electron chi connectivity index (χ1n) is 14.1. The van der Waals surface area contributed by atoms with E-state index in [1.807, 2.05) is 105 Å². The summed E-state index contributed by atoms with van der Waals surface area (Å²) in [6.45, 7) is 5.21. The number of nitrogens with one attached hydrogen (secondary N) is 2. The van der Waals surface area contributed by atoms with Crippen molar-refractivity contribution < 1.29 is 4.79 Å².